The topological polar surface area (TPSA) is 43.4 Å². The Hall–Kier alpha value is -3.40. The molecule has 0 spiro atoms. The van der Waals surface area contributed by atoms with E-state index in [2.05, 4.69) is 0 Å². The fourth-order valence-corrected chi connectivity index (χ4v) is 5.12. The quantitative estimate of drug-likeness (QED) is 0.276. The zero-order chi connectivity index (χ0) is 23.7. The average molecular weight is 487 g/mol. The van der Waals surface area contributed by atoms with E-state index in [9.17, 15) is 9.59 Å². The molecule has 0 fully saturated rings. The Kier molecular flexibility index (Phi) is 6.23. The van der Waals surface area contributed by atoms with Gasteiger partial charge in [0.15, 0.2) is 5.78 Å². The maximum Gasteiger partial charge on any atom is 0.318 e. The Morgan fingerprint density at radius 3 is 1.94 bits per heavy atom. The summed E-state index contributed by atoms with van der Waals surface area (Å²) in [4.78, 5) is 27.2. The number of ether oxygens (including phenoxy) is 1. The normalized spacial score (nSPS) is 17.0. The summed E-state index contributed by atoms with van der Waals surface area (Å²) in [7, 11) is 0. The molecule has 0 heterocycles. The van der Waals surface area contributed by atoms with Gasteiger partial charge in [0.05, 0.1) is 5.92 Å². The first-order valence-corrected chi connectivity index (χ1v) is 11.7. The number of esters is 1. The molecule has 0 saturated carbocycles. The number of benzene rings is 4. The molecule has 0 N–H and O–H groups in total. The highest BCUT2D eigenvalue weighted by Gasteiger charge is 2.44. The molecule has 0 radical (unpaired) electrons. The van der Waals surface area contributed by atoms with Gasteiger partial charge in [0, 0.05) is 21.2 Å². The van der Waals surface area contributed by atoms with E-state index in [0.717, 1.165) is 11.1 Å². The SMILES string of the molecule is O=C(OC1c2ccccc2C(=O)C1c1ccc(Cl)cc1Cl)C(c1ccccc1)c1ccccc1. The van der Waals surface area contributed by atoms with Crippen LogP contribution in [0.1, 0.15) is 50.6 Å². The van der Waals surface area contributed by atoms with Crippen molar-refractivity contribution in [3.8, 4) is 0 Å². The maximum absolute atomic E-state index is 13.7. The van der Waals surface area contributed by atoms with E-state index < -0.39 is 23.9 Å². The predicted octanol–water partition coefficient (Wildman–Crippen LogP) is 7.39. The highest BCUT2D eigenvalue weighted by molar-refractivity contribution is 6.35. The summed E-state index contributed by atoms with van der Waals surface area (Å²) in [6.07, 6.45) is -0.801. The fourth-order valence-electron chi connectivity index (χ4n) is 4.59. The van der Waals surface area contributed by atoms with Crippen molar-refractivity contribution in [3.63, 3.8) is 0 Å². The van der Waals surface area contributed by atoms with E-state index in [-0.39, 0.29) is 5.78 Å². The van der Waals surface area contributed by atoms with Gasteiger partial charge in [-0.05, 0) is 28.8 Å². The number of hydrogen-bond donors (Lipinski definition) is 0. The third-order valence-corrected chi connectivity index (χ3v) is 6.72. The van der Waals surface area contributed by atoms with E-state index in [4.69, 9.17) is 27.9 Å². The van der Waals surface area contributed by atoms with E-state index in [1.54, 1.807) is 30.3 Å². The van der Waals surface area contributed by atoms with Crippen LogP contribution >= 0.6 is 23.2 Å². The summed E-state index contributed by atoms with van der Waals surface area (Å²) in [6, 6.07) is 31.2. The molecule has 1 aliphatic rings. The van der Waals surface area contributed by atoms with Gasteiger partial charge in [-0.15, -0.1) is 0 Å². The van der Waals surface area contributed by atoms with Crippen LogP contribution in [0.4, 0.5) is 0 Å². The van der Waals surface area contributed by atoms with Gasteiger partial charge in [-0.25, -0.2) is 0 Å². The molecule has 0 aliphatic heterocycles. The van der Waals surface area contributed by atoms with Crippen LogP contribution in [0.25, 0.3) is 0 Å². The first-order chi connectivity index (χ1) is 16.5. The van der Waals surface area contributed by atoms with Gasteiger partial charge in [-0.3, -0.25) is 9.59 Å². The number of fused-ring (bicyclic) bond motifs is 1. The zero-order valence-corrected chi connectivity index (χ0v) is 19.5. The monoisotopic (exact) mass is 486 g/mol. The van der Waals surface area contributed by atoms with Crippen molar-refractivity contribution in [2.24, 2.45) is 0 Å². The number of carbonyl (C=O) groups excluding carboxylic acids is 2. The van der Waals surface area contributed by atoms with Crippen molar-refractivity contribution < 1.29 is 14.3 Å². The zero-order valence-electron chi connectivity index (χ0n) is 18.0. The second kappa shape index (κ2) is 9.46. The van der Waals surface area contributed by atoms with Gasteiger partial charge in [0.25, 0.3) is 0 Å². The highest BCUT2D eigenvalue weighted by Crippen LogP contribution is 2.47. The van der Waals surface area contributed by atoms with E-state index >= 15 is 0 Å². The Balaban J connectivity index is 1.57. The van der Waals surface area contributed by atoms with Crippen LogP contribution in [0.2, 0.25) is 10.0 Å². The smallest absolute Gasteiger partial charge is 0.318 e. The average Bonchev–Trinajstić information content (AvgIpc) is 3.12. The van der Waals surface area contributed by atoms with Crippen molar-refractivity contribution in [3.05, 3.63) is 141 Å². The molecule has 0 amide bonds. The Bertz CT molecular complexity index is 1310. The number of halogens is 2. The summed E-state index contributed by atoms with van der Waals surface area (Å²) in [5.74, 6) is -1.94. The minimum Gasteiger partial charge on any atom is -0.456 e. The highest BCUT2D eigenvalue weighted by atomic mass is 35.5. The molecule has 0 saturated heterocycles. The van der Waals surface area contributed by atoms with Gasteiger partial charge in [0.1, 0.15) is 12.0 Å². The number of carbonyl (C=O) groups is 2. The summed E-state index contributed by atoms with van der Waals surface area (Å²) >= 11 is 12.6. The van der Waals surface area contributed by atoms with Crippen molar-refractivity contribution in [1.82, 2.24) is 0 Å². The minimum atomic E-state index is -0.801. The van der Waals surface area contributed by atoms with Gasteiger partial charge in [0.2, 0.25) is 0 Å². The predicted molar refractivity (Wildman–Crippen MR) is 134 cm³/mol. The first-order valence-electron chi connectivity index (χ1n) is 10.9. The minimum absolute atomic E-state index is 0.131. The second-order valence-corrected chi connectivity index (χ2v) is 9.05. The van der Waals surface area contributed by atoms with E-state index in [1.165, 1.54) is 0 Å². The van der Waals surface area contributed by atoms with Crippen LogP contribution in [-0.4, -0.2) is 11.8 Å². The molecule has 2 unspecified atom stereocenters. The number of hydrogen-bond acceptors (Lipinski definition) is 3. The number of ketones is 1. The molecule has 5 heteroatoms. The maximum atomic E-state index is 13.7. The summed E-state index contributed by atoms with van der Waals surface area (Å²) < 4.78 is 6.18. The molecule has 1 aliphatic carbocycles. The van der Waals surface area contributed by atoms with Crippen LogP contribution in [0.5, 0.6) is 0 Å². The summed E-state index contributed by atoms with van der Waals surface area (Å²) in [5.41, 5.74) is 3.43. The number of Topliss-reactive ketones (excluding diaryl/α,β-unsaturated/α-hetero) is 1. The molecular weight excluding hydrogens is 467 g/mol. The van der Waals surface area contributed by atoms with Crippen LogP contribution in [0.3, 0.4) is 0 Å². The lowest BCUT2D eigenvalue weighted by molar-refractivity contribution is -0.150. The molecule has 3 nitrogen and oxygen atoms in total. The molecule has 0 bridgehead atoms. The second-order valence-electron chi connectivity index (χ2n) is 8.21. The van der Waals surface area contributed by atoms with Crippen LogP contribution in [0, 0.1) is 0 Å². The van der Waals surface area contributed by atoms with Gasteiger partial charge >= 0.3 is 5.97 Å². The van der Waals surface area contributed by atoms with E-state index in [0.29, 0.717) is 26.7 Å². The fraction of sp³-hybridized carbons (Fsp3) is 0.103. The van der Waals surface area contributed by atoms with Crippen LogP contribution in [0.15, 0.2) is 103 Å². The third-order valence-electron chi connectivity index (χ3n) is 6.16. The van der Waals surface area contributed by atoms with Crippen LogP contribution < -0.4 is 0 Å². The summed E-state index contributed by atoms with van der Waals surface area (Å²) in [6.45, 7) is 0. The van der Waals surface area contributed by atoms with Gasteiger partial charge < -0.3 is 4.74 Å². The van der Waals surface area contributed by atoms with Crippen LogP contribution in [-0.2, 0) is 9.53 Å². The largest absolute Gasteiger partial charge is 0.456 e. The standard InChI is InChI=1S/C29H20Cl2O3/c30-20-15-16-23(24(31)17-20)26-27(32)21-13-7-8-14-22(21)28(26)34-29(33)25(18-9-3-1-4-10-18)19-11-5-2-6-12-19/h1-17,25-26,28H. The molecule has 2 atom stereocenters. The Labute approximate surface area is 207 Å². The lowest BCUT2D eigenvalue weighted by atomic mass is 9.90. The molecule has 4 aromatic carbocycles. The number of rotatable bonds is 5. The van der Waals surface area contributed by atoms with Crippen molar-refractivity contribution in [1.29, 1.82) is 0 Å². The molecule has 5 rings (SSSR count). The van der Waals surface area contributed by atoms with Crippen molar-refractivity contribution in [2.45, 2.75) is 17.9 Å². The molecule has 0 aromatic heterocycles. The van der Waals surface area contributed by atoms with Crippen molar-refractivity contribution in [2.75, 3.05) is 0 Å². The van der Waals surface area contributed by atoms with Crippen molar-refractivity contribution >= 4 is 35.0 Å². The lowest BCUT2D eigenvalue weighted by Crippen LogP contribution is -2.23. The Morgan fingerprint density at radius 1 is 0.735 bits per heavy atom. The van der Waals surface area contributed by atoms with Gasteiger partial charge in [-0.1, -0.05) is 114 Å². The van der Waals surface area contributed by atoms with Gasteiger partial charge in [-0.2, -0.15) is 0 Å². The molecule has 168 valence electrons. The van der Waals surface area contributed by atoms with E-state index in [1.807, 2.05) is 72.8 Å². The molecule has 4 aromatic rings. The summed E-state index contributed by atoms with van der Waals surface area (Å²) in [5, 5.41) is 0.834. The molecular formula is C29H20Cl2O3. The first kappa shape index (κ1) is 22.4. The Morgan fingerprint density at radius 2 is 1.32 bits per heavy atom. The molecule has 34 heavy (non-hydrogen) atoms. The lowest BCUT2D eigenvalue weighted by Gasteiger charge is -2.24. The third kappa shape index (κ3) is 4.13.